The van der Waals surface area contributed by atoms with Gasteiger partial charge in [-0.2, -0.15) is 5.26 Å². The van der Waals surface area contributed by atoms with Crippen LogP contribution in [0, 0.1) is 24.1 Å². The Hall–Kier alpha value is -1.80. The molecule has 0 aliphatic rings. The van der Waals surface area contributed by atoms with Crippen LogP contribution in [-0.4, -0.2) is 4.57 Å². The van der Waals surface area contributed by atoms with E-state index in [1.54, 1.807) is 12.1 Å². The maximum Gasteiger partial charge on any atom is 0.139 e. The highest BCUT2D eigenvalue weighted by Crippen LogP contribution is 2.21. The molecule has 0 aliphatic heterocycles. The van der Waals surface area contributed by atoms with Gasteiger partial charge in [-0.1, -0.05) is 0 Å². The SMILES string of the molecule is Cc1c(CNc2ccc(Br)c(F)c2)cc(C#N)n1C. The van der Waals surface area contributed by atoms with Crippen molar-refractivity contribution in [1.82, 2.24) is 4.57 Å². The average Bonchev–Trinajstić information content (AvgIpc) is 2.67. The fourth-order valence-electron chi connectivity index (χ4n) is 1.85. The molecule has 0 radical (unpaired) electrons. The van der Waals surface area contributed by atoms with E-state index in [2.05, 4.69) is 27.3 Å². The molecule has 1 aromatic heterocycles. The van der Waals surface area contributed by atoms with Crippen molar-refractivity contribution in [3.63, 3.8) is 0 Å². The highest BCUT2D eigenvalue weighted by molar-refractivity contribution is 9.10. The van der Waals surface area contributed by atoms with Gasteiger partial charge in [0, 0.05) is 25.0 Å². The topological polar surface area (TPSA) is 40.8 Å². The van der Waals surface area contributed by atoms with E-state index < -0.39 is 0 Å². The Morgan fingerprint density at radius 1 is 1.42 bits per heavy atom. The van der Waals surface area contributed by atoms with Gasteiger partial charge >= 0.3 is 0 Å². The molecule has 0 atom stereocenters. The molecular formula is C14H13BrFN3. The summed E-state index contributed by atoms with van der Waals surface area (Å²) in [6.07, 6.45) is 0. The molecule has 98 valence electrons. The molecule has 2 aromatic rings. The van der Waals surface area contributed by atoms with Gasteiger partial charge in [0.05, 0.1) is 4.47 Å². The fraction of sp³-hybridized carbons (Fsp3) is 0.214. The predicted octanol–water partition coefficient (Wildman–Crippen LogP) is 3.72. The fourth-order valence-corrected chi connectivity index (χ4v) is 2.10. The third-order valence-corrected chi connectivity index (χ3v) is 3.80. The van der Waals surface area contributed by atoms with E-state index in [0.717, 1.165) is 11.3 Å². The van der Waals surface area contributed by atoms with Crippen LogP contribution < -0.4 is 5.32 Å². The van der Waals surface area contributed by atoms with E-state index in [0.29, 0.717) is 22.4 Å². The van der Waals surface area contributed by atoms with E-state index in [4.69, 9.17) is 5.26 Å². The normalized spacial score (nSPS) is 10.3. The van der Waals surface area contributed by atoms with Crippen LogP contribution in [0.1, 0.15) is 17.0 Å². The lowest BCUT2D eigenvalue weighted by molar-refractivity contribution is 0.621. The van der Waals surface area contributed by atoms with Crippen LogP contribution in [0.15, 0.2) is 28.7 Å². The van der Waals surface area contributed by atoms with E-state index >= 15 is 0 Å². The summed E-state index contributed by atoms with van der Waals surface area (Å²) < 4.78 is 15.7. The van der Waals surface area contributed by atoms with Gasteiger partial charge in [0.2, 0.25) is 0 Å². The van der Waals surface area contributed by atoms with Crippen LogP contribution in [0.4, 0.5) is 10.1 Å². The Balaban J connectivity index is 2.15. The lowest BCUT2D eigenvalue weighted by Gasteiger charge is -2.07. The molecule has 1 heterocycles. The van der Waals surface area contributed by atoms with Crippen LogP contribution in [0.5, 0.6) is 0 Å². The van der Waals surface area contributed by atoms with E-state index in [9.17, 15) is 4.39 Å². The Kier molecular flexibility index (Phi) is 3.91. The van der Waals surface area contributed by atoms with Gasteiger partial charge in [0.1, 0.15) is 17.6 Å². The number of hydrogen-bond donors (Lipinski definition) is 1. The van der Waals surface area contributed by atoms with Crippen molar-refractivity contribution in [2.75, 3.05) is 5.32 Å². The second kappa shape index (κ2) is 5.45. The van der Waals surface area contributed by atoms with Crippen LogP contribution in [0.25, 0.3) is 0 Å². The Labute approximate surface area is 119 Å². The summed E-state index contributed by atoms with van der Waals surface area (Å²) in [6, 6.07) is 8.89. The molecule has 1 aromatic carbocycles. The maximum absolute atomic E-state index is 13.4. The summed E-state index contributed by atoms with van der Waals surface area (Å²) in [5, 5.41) is 12.1. The van der Waals surface area contributed by atoms with Gasteiger partial charge in [0.15, 0.2) is 0 Å². The molecule has 5 heteroatoms. The molecule has 0 saturated heterocycles. The summed E-state index contributed by atoms with van der Waals surface area (Å²) in [4.78, 5) is 0. The van der Waals surface area contributed by atoms with Crippen molar-refractivity contribution in [1.29, 1.82) is 5.26 Å². The first-order valence-corrected chi connectivity index (χ1v) is 6.56. The molecule has 0 spiro atoms. The van der Waals surface area contributed by atoms with Crippen molar-refractivity contribution in [3.8, 4) is 6.07 Å². The summed E-state index contributed by atoms with van der Waals surface area (Å²) in [5.74, 6) is -0.299. The van der Waals surface area contributed by atoms with Gasteiger partial charge < -0.3 is 9.88 Å². The molecule has 19 heavy (non-hydrogen) atoms. The van der Waals surface area contributed by atoms with Crippen LogP contribution in [0.3, 0.4) is 0 Å². The van der Waals surface area contributed by atoms with Crippen molar-refractivity contribution in [2.45, 2.75) is 13.5 Å². The molecular weight excluding hydrogens is 309 g/mol. The number of halogens is 2. The maximum atomic E-state index is 13.4. The van der Waals surface area contributed by atoms with Gasteiger partial charge in [-0.15, -0.1) is 0 Å². The number of rotatable bonds is 3. The smallest absolute Gasteiger partial charge is 0.139 e. The summed E-state index contributed by atoms with van der Waals surface area (Å²) >= 11 is 3.12. The van der Waals surface area contributed by atoms with Gasteiger partial charge in [0.25, 0.3) is 0 Å². The Morgan fingerprint density at radius 2 is 2.16 bits per heavy atom. The lowest BCUT2D eigenvalue weighted by atomic mass is 10.2. The minimum absolute atomic E-state index is 0.299. The standard InChI is InChI=1S/C14H13BrFN3/c1-9-10(5-12(7-17)19(9)2)8-18-11-3-4-13(15)14(16)6-11/h3-6,18H,8H2,1-2H3. The monoisotopic (exact) mass is 321 g/mol. The molecule has 0 fully saturated rings. The Bertz CT molecular complexity index is 655. The summed E-state index contributed by atoms with van der Waals surface area (Å²) in [6.45, 7) is 2.52. The molecule has 0 bridgehead atoms. The quantitative estimate of drug-likeness (QED) is 0.936. The molecule has 3 nitrogen and oxygen atoms in total. The second-order valence-electron chi connectivity index (χ2n) is 4.29. The van der Waals surface area contributed by atoms with Crippen LogP contribution in [0.2, 0.25) is 0 Å². The highest BCUT2D eigenvalue weighted by Gasteiger charge is 2.08. The summed E-state index contributed by atoms with van der Waals surface area (Å²) in [7, 11) is 1.86. The summed E-state index contributed by atoms with van der Waals surface area (Å²) in [5.41, 5.74) is 3.39. The van der Waals surface area contributed by atoms with Crippen LogP contribution in [-0.2, 0) is 13.6 Å². The molecule has 0 amide bonds. The Morgan fingerprint density at radius 3 is 2.74 bits per heavy atom. The number of nitrogens with one attached hydrogen (secondary N) is 1. The number of anilines is 1. The number of nitrogens with zero attached hydrogens (tertiary/aromatic N) is 2. The first-order valence-electron chi connectivity index (χ1n) is 5.77. The molecule has 0 saturated carbocycles. The van der Waals surface area contributed by atoms with E-state index in [1.807, 2.05) is 24.6 Å². The zero-order valence-corrected chi connectivity index (χ0v) is 12.3. The van der Waals surface area contributed by atoms with Crippen molar-refractivity contribution in [3.05, 3.63) is 51.5 Å². The van der Waals surface area contributed by atoms with Gasteiger partial charge in [-0.05, 0) is 52.7 Å². The van der Waals surface area contributed by atoms with Gasteiger partial charge in [-0.3, -0.25) is 0 Å². The number of aromatic nitrogens is 1. The highest BCUT2D eigenvalue weighted by atomic mass is 79.9. The first kappa shape index (κ1) is 13.6. The number of nitriles is 1. The predicted molar refractivity (Wildman–Crippen MR) is 76.3 cm³/mol. The first-order chi connectivity index (χ1) is 9.02. The zero-order valence-electron chi connectivity index (χ0n) is 10.7. The van der Waals surface area contributed by atoms with E-state index in [1.165, 1.54) is 6.07 Å². The van der Waals surface area contributed by atoms with Gasteiger partial charge in [-0.25, -0.2) is 4.39 Å². The van der Waals surface area contributed by atoms with Crippen molar-refractivity contribution < 1.29 is 4.39 Å². The van der Waals surface area contributed by atoms with E-state index in [-0.39, 0.29) is 5.82 Å². The average molecular weight is 322 g/mol. The third kappa shape index (κ3) is 2.79. The minimum Gasteiger partial charge on any atom is -0.381 e. The third-order valence-electron chi connectivity index (χ3n) is 3.16. The molecule has 0 aliphatic carbocycles. The second-order valence-corrected chi connectivity index (χ2v) is 5.15. The van der Waals surface area contributed by atoms with Crippen molar-refractivity contribution >= 4 is 21.6 Å². The molecule has 1 N–H and O–H groups in total. The van der Waals surface area contributed by atoms with Crippen LogP contribution >= 0.6 is 15.9 Å². The molecule has 0 unspecified atom stereocenters. The minimum atomic E-state index is -0.299. The number of hydrogen-bond acceptors (Lipinski definition) is 2. The zero-order chi connectivity index (χ0) is 14.0. The largest absolute Gasteiger partial charge is 0.381 e. The lowest BCUT2D eigenvalue weighted by Crippen LogP contribution is -2.01. The number of benzene rings is 1. The van der Waals surface area contributed by atoms with Crippen molar-refractivity contribution in [2.24, 2.45) is 7.05 Å². The molecule has 2 rings (SSSR count).